The van der Waals surface area contributed by atoms with Crippen LogP contribution in [-0.4, -0.2) is 30.1 Å². The average molecular weight is 399 g/mol. The van der Waals surface area contributed by atoms with Crippen LogP contribution < -0.4 is 10.1 Å². The number of nitrogens with zero attached hydrogens (tertiary/aromatic N) is 1. The predicted molar refractivity (Wildman–Crippen MR) is 108 cm³/mol. The van der Waals surface area contributed by atoms with E-state index in [4.69, 9.17) is 21.1 Å². The number of esters is 1. The Morgan fingerprint density at radius 2 is 1.82 bits per heavy atom. The molecular weight excluding hydrogens is 380 g/mol. The Kier molecular flexibility index (Phi) is 5.80. The maximum absolute atomic E-state index is 12.6. The van der Waals surface area contributed by atoms with Gasteiger partial charge in [-0.15, -0.1) is 0 Å². The van der Waals surface area contributed by atoms with Gasteiger partial charge < -0.3 is 14.8 Å². The van der Waals surface area contributed by atoms with Crippen molar-refractivity contribution in [2.24, 2.45) is 0 Å². The van der Waals surface area contributed by atoms with Crippen molar-refractivity contribution in [2.45, 2.75) is 20.0 Å². The standard InChI is InChI=1S/C21H19ClN2O4/c1-12-18(11-14-10-17(27-3)8-9-19(14)23-12)21(26)28-13(2)20(25)24-16-6-4-15(22)5-7-16/h4-11,13H,1-3H3,(H,24,25). The molecule has 0 radical (unpaired) electrons. The number of ether oxygens (including phenoxy) is 2. The highest BCUT2D eigenvalue weighted by Crippen LogP contribution is 2.22. The molecule has 1 N–H and O–H groups in total. The third-order valence-corrected chi connectivity index (χ3v) is 4.45. The van der Waals surface area contributed by atoms with Gasteiger partial charge in [-0.3, -0.25) is 9.78 Å². The monoisotopic (exact) mass is 398 g/mol. The number of rotatable bonds is 5. The highest BCUT2D eigenvalue weighted by molar-refractivity contribution is 6.30. The number of aryl methyl sites for hydroxylation is 1. The highest BCUT2D eigenvalue weighted by Gasteiger charge is 2.21. The molecule has 0 aliphatic rings. The van der Waals surface area contributed by atoms with E-state index in [0.717, 1.165) is 10.9 Å². The fourth-order valence-corrected chi connectivity index (χ4v) is 2.77. The second kappa shape index (κ2) is 8.27. The molecule has 7 heteroatoms. The van der Waals surface area contributed by atoms with E-state index in [0.29, 0.717) is 27.7 Å². The molecular formula is C21H19ClN2O4. The minimum Gasteiger partial charge on any atom is -0.497 e. The Hall–Kier alpha value is -3.12. The Labute approximate surface area is 167 Å². The van der Waals surface area contributed by atoms with Gasteiger partial charge in [0.05, 0.1) is 23.9 Å². The number of halogens is 1. The number of hydrogen-bond donors (Lipinski definition) is 1. The van der Waals surface area contributed by atoms with E-state index in [1.807, 2.05) is 6.07 Å². The van der Waals surface area contributed by atoms with E-state index >= 15 is 0 Å². The van der Waals surface area contributed by atoms with Crippen molar-refractivity contribution in [3.63, 3.8) is 0 Å². The number of nitrogens with one attached hydrogen (secondary N) is 1. The van der Waals surface area contributed by atoms with Gasteiger partial charge in [-0.25, -0.2) is 4.79 Å². The van der Waals surface area contributed by atoms with Crippen LogP contribution >= 0.6 is 11.6 Å². The summed E-state index contributed by atoms with van der Waals surface area (Å²) in [6, 6.07) is 13.7. The summed E-state index contributed by atoms with van der Waals surface area (Å²) < 4.78 is 10.5. The van der Waals surface area contributed by atoms with Gasteiger partial charge >= 0.3 is 5.97 Å². The van der Waals surface area contributed by atoms with Gasteiger partial charge in [-0.2, -0.15) is 0 Å². The zero-order valence-corrected chi connectivity index (χ0v) is 16.4. The van der Waals surface area contributed by atoms with Gasteiger partial charge in [-0.1, -0.05) is 11.6 Å². The number of benzene rings is 2. The van der Waals surface area contributed by atoms with Crippen LogP contribution in [0.4, 0.5) is 5.69 Å². The van der Waals surface area contributed by atoms with Crippen LogP contribution in [0, 0.1) is 6.92 Å². The van der Waals surface area contributed by atoms with Crippen molar-refractivity contribution in [3.05, 3.63) is 64.8 Å². The average Bonchev–Trinajstić information content (AvgIpc) is 2.68. The van der Waals surface area contributed by atoms with Crippen molar-refractivity contribution >= 4 is 40.1 Å². The third-order valence-electron chi connectivity index (χ3n) is 4.20. The molecule has 0 saturated carbocycles. The highest BCUT2D eigenvalue weighted by atomic mass is 35.5. The van der Waals surface area contributed by atoms with Gasteiger partial charge in [-0.05, 0) is 62.4 Å². The van der Waals surface area contributed by atoms with Gasteiger partial charge in [0, 0.05) is 16.1 Å². The smallest absolute Gasteiger partial charge is 0.340 e. The van der Waals surface area contributed by atoms with Crippen molar-refractivity contribution in [3.8, 4) is 5.75 Å². The van der Waals surface area contributed by atoms with Gasteiger partial charge in [0.15, 0.2) is 6.10 Å². The van der Waals surface area contributed by atoms with Crippen LogP contribution in [-0.2, 0) is 9.53 Å². The number of carbonyl (C=O) groups excluding carboxylic acids is 2. The van der Waals surface area contributed by atoms with E-state index in [-0.39, 0.29) is 0 Å². The summed E-state index contributed by atoms with van der Waals surface area (Å²) in [6.07, 6.45) is -0.983. The summed E-state index contributed by atoms with van der Waals surface area (Å²) in [5, 5.41) is 3.99. The van der Waals surface area contributed by atoms with Crippen LogP contribution in [0.2, 0.25) is 5.02 Å². The van der Waals surface area contributed by atoms with Gasteiger partial charge in [0.2, 0.25) is 0 Å². The number of fused-ring (bicyclic) bond motifs is 1. The lowest BCUT2D eigenvalue weighted by molar-refractivity contribution is -0.123. The lowest BCUT2D eigenvalue weighted by Crippen LogP contribution is -2.30. The molecule has 0 bridgehead atoms. The van der Waals surface area contributed by atoms with E-state index < -0.39 is 18.0 Å². The number of hydrogen-bond acceptors (Lipinski definition) is 5. The first-order valence-electron chi connectivity index (χ1n) is 8.60. The number of amides is 1. The Morgan fingerprint density at radius 1 is 1.11 bits per heavy atom. The number of methoxy groups -OCH3 is 1. The Morgan fingerprint density at radius 3 is 2.50 bits per heavy atom. The van der Waals surface area contributed by atoms with E-state index in [1.165, 1.54) is 6.92 Å². The first-order chi connectivity index (χ1) is 13.4. The van der Waals surface area contributed by atoms with Crippen molar-refractivity contribution in [2.75, 3.05) is 12.4 Å². The van der Waals surface area contributed by atoms with Crippen LogP contribution in [0.25, 0.3) is 10.9 Å². The van der Waals surface area contributed by atoms with Crippen LogP contribution in [0.5, 0.6) is 5.75 Å². The van der Waals surface area contributed by atoms with Crippen molar-refractivity contribution in [1.82, 2.24) is 4.98 Å². The number of carbonyl (C=O) groups is 2. The maximum Gasteiger partial charge on any atom is 0.340 e. The zero-order valence-electron chi connectivity index (χ0n) is 15.7. The zero-order chi connectivity index (χ0) is 20.3. The topological polar surface area (TPSA) is 77.5 Å². The Bertz CT molecular complexity index is 1030. The summed E-state index contributed by atoms with van der Waals surface area (Å²) in [5.74, 6) is -0.398. The number of pyridine rings is 1. The van der Waals surface area contributed by atoms with Crippen LogP contribution in [0.3, 0.4) is 0 Å². The third kappa shape index (κ3) is 4.40. The molecule has 1 aromatic heterocycles. The lowest BCUT2D eigenvalue weighted by atomic mass is 10.1. The minimum absolute atomic E-state index is 0.298. The first-order valence-corrected chi connectivity index (χ1v) is 8.98. The normalized spacial score (nSPS) is 11.7. The van der Waals surface area contributed by atoms with E-state index in [2.05, 4.69) is 10.3 Å². The second-order valence-electron chi connectivity index (χ2n) is 6.22. The second-order valence-corrected chi connectivity index (χ2v) is 6.66. The molecule has 28 heavy (non-hydrogen) atoms. The van der Waals surface area contributed by atoms with Gasteiger partial charge in [0.25, 0.3) is 5.91 Å². The fourth-order valence-electron chi connectivity index (χ4n) is 2.64. The Balaban J connectivity index is 1.74. The molecule has 1 amide bonds. The number of anilines is 1. The molecule has 3 aromatic rings. The number of aromatic nitrogens is 1. The lowest BCUT2D eigenvalue weighted by Gasteiger charge is -2.15. The van der Waals surface area contributed by atoms with Crippen LogP contribution in [0.15, 0.2) is 48.5 Å². The molecule has 1 atom stereocenters. The quantitative estimate of drug-likeness (QED) is 0.645. The maximum atomic E-state index is 12.6. The molecule has 6 nitrogen and oxygen atoms in total. The van der Waals surface area contributed by atoms with Crippen LogP contribution in [0.1, 0.15) is 23.0 Å². The molecule has 0 spiro atoms. The molecule has 3 rings (SSSR count). The fraction of sp³-hybridized carbons (Fsp3) is 0.190. The van der Waals surface area contributed by atoms with Crippen molar-refractivity contribution < 1.29 is 19.1 Å². The van der Waals surface area contributed by atoms with Crippen molar-refractivity contribution in [1.29, 1.82) is 0 Å². The van der Waals surface area contributed by atoms with Gasteiger partial charge in [0.1, 0.15) is 5.75 Å². The molecule has 0 fully saturated rings. The molecule has 2 aromatic carbocycles. The van der Waals surface area contributed by atoms with E-state index in [1.54, 1.807) is 56.5 Å². The summed E-state index contributed by atoms with van der Waals surface area (Å²) in [4.78, 5) is 29.3. The molecule has 0 aliphatic carbocycles. The molecule has 144 valence electrons. The predicted octanol–water partition coefficient (Wildman–Crippen LogP) is 4.39. The van der Waals surface area contributed by atoms with E-state index in [9.17, 15) is 9.59 Å². The SMILES string of the molecule is COc1ccc2nc(C)c(C(=O)OC(C)C(=O)Nc3ccc(Cl)cc3)cc2c1. The summed E-state index contributed by atoms with van der Waals surface area (Å²) in [7, 11) is 1.57. The molecule has 0 saturated heterocycles. The summed E-state index contributed by atoms with van der Waals surface area (Å²) in [6.45, 7) is 3.23. The molecule has 1 unspecified atom stereocenters. The molecule has 0 aliphatic heterocycles. The molecule has 1 heterocycles. The minimum atomic E-state index is -0.983. The summed E-state index contributed by atoms with van der Waals surface area (Å²) in [5.41, 5.74) is 2.12. The summed E-state index contributed by atoms with van der Waals surface area (Å²) >= 11 is 5.83. The largest absolute Gasteiger partial charge is 0.497 e. The first kappa shape index (κ1) is 19.6.